The molecule has 0 bridgehead atoms. The molecule has 4 aromatic rings. The molecule has 1 aromatic heterocycles. The largest absolute Gasteiger partial charge is 0.493 e. The van der Waals surface area contributed by atoms with Crippen molar-refractivity contribution in [3.8, 4) is 11.5 Å². The fraction of sp³-hybridized carbons (Fsp3) is 0.312. The van der Waals surface area contributed by atoms with Crippen molar-refractivity contribution in [1.82, 2.24) is 9.80 Å². The first-order valence-corrected chi connectivity index (χ1v) is 14.4. The van der Waals surface area contributed by atoms with Gasteiger partial charge in [-0.05, 0) is 53.4 Å². The minimum atomic E-state index is -0.269. The van der Waals surface area contributed by atoms with Gasteiger partial charge >= 0.3 is 6.03 Å². The Balaban J connectivity index is 1.50. The Labute approximate surface area is 240 Å². The molecule has 8 heteroatoms. The van der Waals surface area contributed by atoms with E-state index in [-0.39, 0.29) is 18.5 Å². The smallest absolute Gasteiger partial charge is 0.322 e. The lowest BCUT2D eigenvalue weighted by atomic mass is 10.1. The number of urea groups is 1. The summed E-state index contributed by atoms with van der Waals surface area (Å²) in [6.07, 6.45) is 2.38. The second kappa shape index (κ2) is 14.4. The van der Waals surface area contributed by atoms with Gasteiger partial charge in [0.1, 0.15) is 6.54 Å². The number of fused-ring (bicyclic) bond motifs is 1. The van der Waals surface area contributed by atoms with Gasteiger partial charge in [0.2, 0.25) is 5.91 Å². The minimum absolute atomic E-state index is 0.00785. The fourth-order valence-electron chi connectivity index (χ4n) is 4.58. The molecule has 0 radical (unpaired) electrons. The van der Waals surface area contributed by atoms with E-state index >= 15 is 0 Å². The third-order valence-electron chi connectivity index (χ3n) is 6.82. The number of methoxy groups -OCH3 is 2. The molecule has 0 spiro atoms. The maximum absolute atomic E-state index is 13.7. The van der Waals surface area contributed by atoms with E-state index in [0.29, 0.717) is 37.6 Å². The molecule has 0 saturated heterocycles. The lowest BCUT2D eigenvalue weighted by Gasteiger charge is -2.28. The summed E-state index contributed by atoms with van der Waals surface area (Å²) >= 11 is 1.62. The van der Waals surface area contributed by atoms with Gasteiger partial charge in [0.05, 0.1) is 26.5 Å². The summed E-state index contributed by atoms with van der Waals surface area (Å²) in [5.41, 5.74) is 1.78. The summed E-state index contributed by atoms with van der Waals surface area (Å²) in [6, 6.07) is 23.3. The number of hydrogen-bond donors (Lipinski definition) is 1. The van der Waals surface area contributed by atoms with Crippen molar-refractivity contribution < 1.29 is 19.1 Å². The number of thiophene rings is 1. The SMILES string of the molecule is CCCCN(CC(=O)N(CCc1ccc(OC)c(OC)c1)Cc1cccs1)C(=O)Nc1cccc2ccccc12. The van der Waals surface area contributed by atoms with Gasteiger partial charge in [-0.15, -0.1) is 11.3 Å². The summed E-state index contributed by atoms with van der Waals surface area (Å²) in [5, 5.41) is 7.09. The van der Waals surface area contributed by atoms with E-state index in [1.165, 1.54) is 0 Å². The molecule has 0 atom stereocenters. The van der Waals surface area contributed by atoms with Crippen LogP contribution in [0.25, 0.3) is 10.8 Å². The minimum Gasteiger partial charge on any atom is -0.493 e. The van der Waals surface area contributed by atoms with Crippen LogP contribution < -0.4 is 14.8 Å². The highest BCUT2D eigenvalue weighted by Crippen LogP contribution is 2.28. The van der Waals surface area contributed by atoms with Crippen molar-refractivity contribution in [1.29, 1.82) is 0 Å². The van der Waals surface area contributed by atoms with Gasteiger partial charge in [-0.1, -0.05) is 61.9 Å². The Morgan fingerprint density at radius 2 is 1.68 bits per heavy atom. The maximum atomic E-state index is 13.7. The summed E-state index contributed by atoms with van der Waals surface area (Å²) in [5.74, 6) is 1.24. The Hall–Kier alpha value is -4.04. The zero-order valence-electron chi connectivity index (χ0n) is 23.4. The first-order valence-electron chi connectivity index (χ1n) is 13.6. The quantitative estimate of drug-likeness (QED) is 0.195. The topological polar surface area (TPSA) is 71.1 Å². The van der Waals surface area contributed by atoms with Crippen LogP contribution >= 0.6 is 11.3 Å². The van der Waals surface area contributed by atoms with Gasteiger partial charge in [-0.25, -0.2) is 4.79 Å². The average Bonchev–Trinajstić information content (AvgIpc) is 3.50. The number of anilines is 1. The molecule has 40 heavy (non-hydrogen) atoms. The van der Waals surface area contributed by atoms with Crippen molar-refractivity contribution in [2.75, 3.05) is 39.2 Å². The van der Waals surface area contributed by atoms with Crippen molar-refractivity contribution in [2.24, 2.45) is 0 Å². The van der Waals surface area contributed by atoms with Gasteiger partial charge < -0.3 is 24.6 Å². The first-order chi connectivity index (χ1) is 19.5. The molecular weight excluding hydrogens is 522 g/mol. The molecule has 0 unspecified atom stereocenters. The van der Waals surface area contributed by atoms with Gasteiger partial charge in [0, 0.05) is 23.4 Å². The van der Waals surface area contributed by atoms with Crippen LogP contribution in [0.1, 0.15) is 30.2 Å². The van der Waals surface area contributed by atoms with Crippen LogP contribution in [0.2, 0.25) is 0 Å². The fourth-order valence-corrected chi connectivity index (χ4v) is 5.30. The van der Waals surface area contributed by atoms with E-state index in [9.17, 15) is 9.59 Å². The van der Waals surface area contributed by atoms with E-state index in [2.05, 4.69) is 12.2 Å². The lowest BCUT2D eigenvalue weighted by molar-refractivity contribution is -0.132. The number of nitrogens with zero attached hydrogens (tertiary/aromatic N) is 2. The number of amides is 3. The Morgan fingerprint density at radius 3 is 2.42 bits per heavy atom. The highest BCUT2D eigenvalue weighted by Gasteiger charge is 2.22. The van der Waals surface area contributed by atoms with Crippen molar-refractivity contribution in [2.45, 2.75) is 32.7 Å². The maximum Gasteiger partial charge on any atom is 0.322 e. The number of carbonyl (C=O) groups excluding carboxylic acids is 2. The van der Waals surface area contributed by atoms with Gasteiger partial charge in [0.25, 0.3) is 0 Å². The summed E-state index contributed by atoms with van der Waals surface area (Å²) in [6.45, 7) is 3.60. The number of ether oxygens (including phenoxy) is 2. The molecule has 3 aromatic carbocycles. The zero-order valence-corrected chi connectivity index (χ0v) is 24.2. The molecule has 1 heterocycles. The van der Waals surface area contributed by atoms with Crippen LogP contribution in [-0.4, -0.2) is 55.6 Å². The number of rotatable bonds is 13. The molecule has 0 aliphatic heterocycles. The van der Waals surface area contributed by atoms with Gasteiger partial charge in [-0.3, -0.25) is 4.79 Å². The third-order valence-corrected chi connectivity index (χ3v) is 7.69. The first kappa shape index (κ1) is 29.0. The molecule has 0 aliphatic rings. The van der Waals surface area contributed by atoms with Gasteiger partial charge in [-0.2, -0.15) is 0 Å². The molecule has 0 saturated carbocycles. The van der Waals surface area contributed by atoms with Crippen LogP contribution in [0.3, 0.4) is 0 Å². The van der Waals surface area contributed by atoms with Gasteiger partial charge in [0.15, 0.2) is 11.5 Å². The Kier molecular flexibility index (Phi) is 10.4. The number of carbonyl (C=O) groups is 2. The average molecular weight is 560 g/mol. The second-order valence-electron chi connectivity index (χ2n) is 9.57. The van der Waals surface area contributed by atoms with E-state index < -0.39 is 0 Å². The zero-order chi connectivity index (χ0) is 28.3. The van der Waals surface area contributed by atoms with Crippen LogP contribution in [0, 0.1) is 0 Å². The van der Waals surface area contributed by atoms with Crippen LogP contribution in [0.15, 0.2) is 78.2 Å². The van der Waals surface area contributed by atoms with Crippen molar-refractivity contribution >= 4 is 39.7 Å². The van der Waals surface area contributed by atoms with Crippen LogP contribution in [0.4, 0.5) is 10.5 Å². The summed E-state index contributed by atoms with van der Waals surface area (Å²) in [7, 11) is 3.22. The third kappa shape index (κ3) is 7.54. The Bertz CT molecular complexity index is 1400. The molecule has 3 amide bonds. The normalized spacial score (nSPS) is 10.8. The highest BCUT2D eigenvalue weighted by molar-refractivity contribution is 7.09. The predicted molar refractivity (Wildman–Crippen MR) is 162 cm³/mol. The summed E-state index contributed by atoms with van der Waals surface area (Å²) < 4.78 is 10.8. The van der Waals surface area contributed by atoms with Crippen LogP contribution in [0.5, 0.6) is 11.5 Å². The van der Waals surface area contributed by atoms with E-state index in [0.717, 1.165) is 39.7 Å². The monoisotopic (exact) mass is 559 g/mol. The molecule has 4 rings (SSSR count). The molecular formula is C32H37N3O4S. The molecule has 0 aliphatic carbocycles. The number of nitrogens with one attached hydrogen (secondary N) is 1. The number of benzene rings is 3. The molecule has 7 nitrogen and oxygen atoms in total. The van der Waals surface area contributed by atoms with Crippen molar-refractivity contribution in [3.63, 3.8) is 0 Å². The number of unbranched alkanes of at least 4 members (excludes halogenated alkanes) is 1. The Morgan fingerprint density at radius 1 is 0.875 bits per heavy atom. The summed E-state index contributed by atoms with van der Waals surface area (Å²) in [4.78, 5) is 31.8. The predicted octanol–water partition coefficient (Wildman–Crippen LogP) is 6.82. The second-order valence-corrected chi connectivity index (χ2v) is 10.6. The standard InChI is InChI=1S/C32H37N3O4S/c1-4-5-18-35(32(37)33-28-14-8-11-25-10-6-7-13-27(25)28)23-31(36)34(22-26-12-9-20-40-26)19-17-24-15-16-29(38-2)30(21-24)39-3/h6-16,20-21H,4-5,17-19,22-23H2,1-3H3,(H,33,37). The lowest BCUT2D eigenvalue weighted by Crippen LogP contribution is -2.45. The molecule has 210 valence electrons. The highest BCUT2D eigenvalue weighted by atomic mass is 32.1. The number of hydrogen-bond acceptors (Lipinski definition) is 5. The van der Waals surface area contributed by atoms with Crippen molar-refractivity contribution in [3.05, 3.63) is 88.6 Å². The van der Waals surface area contributed by atoms with E-state index in [4.69, 9.17) is 9.47 Å². The molecule has 1 N–H and O–H groups in total. The van der Waals surface area contributed by atoms with Crippen LogP contribution in [-0.2, 0) is 17.8 Å². The van der Waals surface area contributed by atoms with E-state index in [1.807, 2.05) is 83.1 Å². The van der Waals surface area contributed by atoms with E-state index in [1.54, 1.807) is 30.5 Å². The molecule has 0 fully saturated rings.